The van der Waals surface area contributed by atoms with Gasteiger partial charge in [-0.15, -0.1) is 0 Å². The van der Waals surface area contributed by atoms with Crippen LogP contribution in [0.4, 0.5) is 23.2 Å². The lowest BCUT2D eigenvalue weighted by Gasteiger charge is -2.12. The quantitative estimate of drug-likeness (QED) is 0.112. The number of nitrogens with one attached hydrogen (secondary N) is 2. The van der Waals surface area contributed by atoms with Gasteiger partial charge in [-0.05, 0) is 63.0 Å². The van der Waals surface area contributed by atoms with Crippen LogP contribution in [0.25, 0.3) is 22.2 Å². The molecular weight excluding hydrogens is 602 g/mol. The summed E-state index contributed by atoms with van der Waals surface area (Å²) in [7, 11) is -0.918. The fourth-order valence-electron chi connectivity index (χ4n) is 4.40. The number of hydrogen-bond acceptors (Lipinski definition) is 7. The number of sulfonamides is 1. The smallest absolute Gasteiger partial charge is 0.265 e. The molecule has 0 unspecified atom stereocenters. The fourth-order valence-corrected chi connectivity index (χ4v) is 5.55. The maximum absolute atomic E-state index is 15.5. The maximum Gasteiger partial charge on any atom is 0.265 e. The number of hydrogen-bond donors (Lipinski definition) is 2. The number of anilines is 1. The summed E-state index contributed by atoms with van der Waals surface area (Å²) in [6.45, 7) is 1.36. The van der Waals surface area contributed by atoms with Gasteiger partial charge in [0.15, 0.2) is 5.82 Å². The first-order valence-corrected chi connectivity index (χ1v) is 14.6. The maximum atomic E-state index is 15.5. The average molecular weight is 628 g/mol. The van der Waals surface area contributed by atoms with Crippen molar-refractivity contribution >= 4 is 32.5 Å². The van der Waals surface area contributed by atoms with E-state index in [0.29, 0.717) is 47.9 Å². The molecule has 0 spiro atoms. The Bertz CT molecular complexity index is 1960. The summed E-state index contributed by atoms with van der Waals surface area (Å²) >= 11 is 0. The zero-order valence-corrected chi connectivity index (χ0v) is 24.2. The first-order chi connectivity index (χ1) is 20.9. The zero-order chi connectivity index (χ0) is 31.6. The molecule has 14 heteroatoms. The molecule has 44 heavy (non-hydrogen) atoms. The second kappa shape index (κ2) is 12.4. The van der Waals surface area contributed by atoms with Crippen molar-refractivity contribution in [2.75, 3.05) is 32.0 Å². The van der Waals surface area contributed by atoms with Crippen molar-refractivity contribution in [2.24, 2.45) is 0 Å². The normalized spacial score (nSPS) is 11.7. The molecule has 0 atom stereocenters. The number of nitrogens with zero attached hydrogens (tertiary/aromatic N) is 3. The van der Waals surface area contributed by atoms with E-state index >= 15 is 4.39 Å². The molecule has 5 rings (SSSR count). The summed E-state index contributed by atoms with van der Waals surface area (Å²) in [5, 5.41) is 0.239. The van der Waals surface area contributed by atoms with Crippen molar-refractivity contribution in [2.45, 2.75) is 11.3 Å². The number of aromatic nitrogens is 3. The van der Waals surface area contributed by atoms with Gasteiger partial charge in [0.1, 0.15) is 28.0 Å². The summed E-state index contributed by atoms with van der Waals surface area (Å²) < 4.78 is 90.9. The highest BCUT2D eigenvalue weighted by Crippen LogP contribution is 2.30. The molecule has 0 bridgehead atoms. The second-order valence-electron chi connectivity index (χ2n) is 10.0. The molecule has 2 N–H and O–H groups in total. The van der Waals surface area contributed by atoms with Crippen LogP contribution in [0.2, 0.25) is 0 Å². The van der Waals surface area contributed by atoms with Crippen LogP contribution >= 0.6 is 0 Å². The van der Waals surface area contributed by atoms with E-state index in [1.807, 2.05) is 19.0 Å². The van der Waals surface area contributed by atoms with Gasteiger partial charge in [-0.3, -0.25) is 9.52 Å². The van der Waals surface area contributed by atoms with Crippen molar-refractivity contribution in [1.29, 1.82) is 0 Å². The van der Waals surface area contributed by atoms with E-state index in [0.717, 1.165) is 19.0 Å². The number of carbonyl (C=O) groups excluding carboxylic acids is 1. The Morgan fingerprint density at radius 1 is 0.955 bits per heavy atom. The van der Waals surface area contributed by atoms with Gasteiger partial charge < -0.3 is 14.6 Å². The highest BCUT2D eigenvalue weighted by atomic mass is 32.2. The average Bonchev–Trinajstić information content (AvgIpc) is 3.41. The number of fused-ring (bicyclic) bond motifs is 1. The molecule has 3 heterocycles. The van der Waals surface area contributed by atoms with Gasteiger partial charge in [0.2, 0.25) is 11.7 Å². The van der Waals surface area contributed by atoms with E-state index in [4.69, 9.17) is 4.74 Å². The van der Waals surface area contributed by atoms with Crippen LogP contribution < -0.4 is 9.46 Å². The summed E-state index contributed by atoms with van der Waals surface area (Å²) in [6, 6.07) is 8.15. The van der Waals surface area contributed by atoms with Crippen molar-refractivity contribution < 1.29 is 35.5 Å². The van der Waals surface area contributed by atoms with Crippen LogP contribution in [0.1, 0.15) is 22.3 Å². The number of benzene rings is 2. The minimum Gasteiger partial charge on any atom is -0.478 e. The Labute approximate surface area is 249 Å². The Morgan fingerprint density at radius 3 is 2.43 bits per heavy atom. The van der Waals surface area contributed by atoms with E-state index < -0.39 is 55.2 Å². The molecule has 9 nitrogen and oxygen atoms in total. The van der Waals surface area contributed by atoms with Crippen LogP contribution in [-0.2, 0) is 10.0 Å². The molecule has 0 aliphatic rings. The van der Waals surface area contributed by atoms with E-state index in [1.165, 1.54) is 12.4 Å². The number of halogens is 4. The van der Waals surface area contributed by atoms with E-state index in [2.05, 4.69) is 15.0 Å². The number of rotatable bonds is 11. The van der Waals surface area contributed by atoms with Crippen molar-refractivity contribution in [3.63, 3.8) is 0 Å². The lowest BCUT2D eigenvalue weighted by molar-refractivity contribution is 0.103. The van der Waals surface area contributed by atoms with Gasteiger partial charge in [-0.1, -0.05) is 0 Å². The van der Waals surface area contributed by atoms with Crippen LogP contribution in [0.5, 0.6) is 5.88 Å². The highest BCUT2D eigenvalue weighted by Gasteiger charge is 2.28. The van der Waals surface area contributed by atoms with E-state index in [-0.39, 0.29) is 16.6 Å². The van der Waals surface area contributed by atoms with Crippen molar-refractivity contribution in [1.82, 2.24) is 19.9 Å². The van der Waals surface area contributed by atoms with Crippen molar-refractivity contribution in [3.8, 4) is 17.0 Å². The minimum absolute atomic E-state index is 0.142. The molecule has 0 aliphatic heterocycles. The van der Waals surface area contributed by atoms with Gasteiger partial charge in [-0.2, -0.15) is 0 Å². The summed E-state index contributed by atoms with van der Waals surface area (Å²) in [4.78, 5) is 25.8. The van der Waals surface area contributed by atoms with Gasteiger partial charge in [0, 0.05) is 53.3 Å². The number of pyridine rings is 2. The molecule has 5 aromatic rings. The van der Waals surface area contributed by atoms with Crippen LogP contribution in [-0.4, -0.2) is 61.3 Å². The standard InChI is InChI=1S/C30H25F4N5O4S/c1-39(2)10-3-11-43-26-9-4-17(14-35-26)18-12-20-21(16-37-30(20)36-15-18)29(40)27-23(33)7-8-24(28(27)34)38-44(41,42)25-13-19(31)5-6-22(25)32/h4-9,12-16,38H,3,10-11H2,1-2H3,(H,36,37). The Balaban J connectivity index is 1.43. The van der Waals surface area contributed by atoms with Crippen molar-refractivity contribution in [3.05, 3.63) is 102 Å². The van der Waals surface area contributed by atoms with E-state index in [9.17, 15) is 26.4 Å². The Morgan fingerprint density at radius 2 is 1.70 bits per heavy atom. The third-order valence-corrected chi connectivity index (χ3v) is 7.97. The van der Waals surface area contributed by atoms with Gasteiger partial charge in [0.25, 0.3) is 10.0 Å². The molecule has 0 radical (unpaired) electrons. The van der Waals surface area contributed by atoms with Crippen LogP contribution in [0.3, 0.4) is 0 Å². The number of ether oxygens (including phenoxy) is 1. The monoisotopic (exact) mass is 627 g/mol. The largest absolute Gasteiger partial charge is 0.478 e. The van der Waals surface area contributed by atoms with Crippen LogP contribution in [0, 0.1) is 23.3 Å². The molecular formula is C30H25F4N5O4S. The van der Waals surface area contributed by atoms with Gasteiger partial charge in [-0.25, -0.2) is 35.9 Å². The molecule has 3 aromatic heterocycles. The van der Waals surface area contributed by atoms with Gasteiger partial charge in [0.05, 0.1) is 17.9 Å². The fraction of sp³-hybridized carbons (Fsp3) is 0.167. The summed E-state index contributed by atoms with van der Waals surface area (Å²) in [5.41, 5.74) is -0.599. The molecule has 2 aromatic carbocycles. The third-order valence-electron chi connectivity index (χ3n) is 6.59. The van der Waals surface area contributed by atoms with Gasteiger partial charge >= 0.3 is 0 Å². The number of carbonyl (C=O) groups is 1. The number of ketones is 1. The predicted octanol–water partition coefficient (Wildman–Crippen LogP) is 5.54. The number of H-pyrrole nitrogens is 1. The summed E-state index contributed by atoms with van der Waals surface area (Å²) in [6.07, 6.45) is 5.14. The third kappa shape index (κ3) is 6.40. The zero-order valence-electron chi connectivity index (χ0n) is 23.4. The molecule has 228 valence electrons. The molecule has 0 fully saturated rings. The topological polar surface area (TPSA) is 117 Å². The first kappa shape index (κ1) is 30.6. The lowest BCUT2D eigenvalue weighted by atomic mass is 10.00. The Kier molecular flexibility index (Phi) is 8.65. The lowest BCUT2D eigenvalue weighted by Crippen LogP contribution is -2.17. The minimum atomic E-state index is -4.85. The highest BCUT2D eigenvalue weighted by molar-refractivity contribution is 7.92. The molecule has 0 aliphatic carbocycles. The first-order valence-electron chi connectivity index (χ1n) is 13.2. The molecule has 0 saturated carbocycles. The molecule has 0 amide bonds. The summed E-state index contributed by atoms with van der Waals surface area (Å²) in [5.74, 6) is -5.83. The molecule has 0 saturated heterocycles. The SMILES string of the molecule is CN(C)CCCOc1ccc(-c2cnc3[nH]cc(C(=O)c4c(F)ccc(NS(=O)(=O)c5cc(F)ccc5F)c4F)c3c2)cn1. The Hall–Kier alpha value is -4.82. The second-order valence-corrected chi connectivity index (χ2v) is 11.7. The van der Waals surface area contributed by atoms with E-state index in [1.54, 1.807) is 29.1 Å². The predicted molar refractivity (Wildman–Crippen MR) is 155 cm³/mol. The van der Waals surface area contributed by atoms with Crippen LogP contribution in [0.15, 0.2) is 72.0 Å². The number of aromatic amines is 1.